The summed E-state index contributed by atoms with van der Waals surface area (Å²) in [5.74, 6) is 0. The van der Waals surface area contributed by atoms with E-state index in [0.29, 0.717) is 6.54 Å². The van der Waals surface area contributed by atoms with Gasteiger partial charge in [0.2, 0.25) is 0 Å². The zero-order valence-electron chi connectivity index (χ0n) is 14.8. The molecule has 1 aliphatic rings. The van der Waals surface area contributed by atoms with Crippen molar-refractivity contribution in [2.45, 2.75) is 13.0 Å². The molecule has 0 fully saturated rings. The zero-order chi connectivity index (χ0) is 18.5. The lowest BCUT2D eigenvalue weighted by Crippen LogP contribution is -2.28. The Morgan fingerprint density at radius 2 is 2.04 bits per heavy atom. The number of nitrogens with one attached hydrogen (secondary N) is 3. The van der Waals surface area contributed by atoms with Crippen molar-refractivity contribution in [3.8, 4) is 0 Å². The first-order chi connectivity index (χ1) is 13.3. The van der Waals surface area contributed by atoms with Crippen LogP contribution in [0, 0.1) is 0 Å². The highest BCUT2D eigenvalue weighted by atomic mass is 16.2. The third-order valence-electron chi connectivity index (χ3n) is 4.37. The highest BCUT2D eigenvalue weighted by Crippen LogP contribution is 2.27. The summed E-state index contributed by atoms with van der Waals surface area (Å²) in [6.45, 7) is 0.482. The Morgan fingerprint density at radius 1 is 1.15 bits per heavy atom. The van der Waals surface area contributed by atoms with Gasteiger partial charge in [-0.15, -0.1) is 0 Å². The predicted octanol–water partition coefficient (Wildman–Crippen LogP) is 5.52. The number of urea groups is 1. The molecule has 1 aromatic heterocycles. The molecule has 1 heterocycles. The van der Waals surface area contributed by atoms with Gasteiger partial charge in [0.15, 0.2) is 0 Å². The fourth-order valence-electron chi connectivity index (χ4n) is 3.00. The number of anilines is 1. The first kappa shape index (κ1) is 16.8. The molecule has 2 amide bonds. The topological polar surface area (TPSA) is 69.8 Å². The van der Waals surface area contributed by atoms with Gasteiger partial charge in [0.25, 0.3) is 0 Å². The van der Waals surface area contributed by atoms with Gasteiger partial charge < -0.3 is 10.6 Å². The standard InChI is InChI=1S/C22H20N4O.3H2/c27-22(23-15-16-8-4-3-5-9-16)24-18-12-13-20-19(14-18)21(26-25-20)17-10-6-1-2-7-11-17;;;/h1,3-14H,2,15H2,(H,25,26)(H2,23,24,27);3*1H. The van der Waals surface area contributed by atoms with E-state index in [1.54, 1.807) is 0 Å². The van der Waals surface area contributed by atoms with Crippen molar-refractivity contribution in [1.82, 2.24) is 15.5 Å². The summed E-state index contributed by atoms with van der Waals surface area (Å²) in [4.78, 5) is 12.2. The number of carbonyl (C=O) groups is 1. The number of amides is 2. The number of rotatable bonds is 4. The van der Waals surface area contributed by atoms with E-state index in [0.717, 1.165) is 39.8 Å². The highest BCUT2D eigenvalue weighted by Gasteiger charge is 2.11. The SMILES string of the molecule is O=C(NCc1ccccc1)Nc1ccc2[nH]nc(C3=CC=CCC=C3)c2c1.[HH].[HH].[HH]. The summed E-state index contributed by atoms with van der Waals surface area (Å²) < 4.78 is 0. The maximum Gasteiger partial charge on any atom is 0.319 e. The van der Waals surface area contributed by atoms with Gasteiger partial charge in [-0.2, -0.15) is 5.10 Å². The molecule has 3 N–H and O–H groups in total. The van der Waals surface area contributed by atoms with Gasteiger partial charge in [0.1, 0.15) is 0 Å². The van der Waals surface area contributed by atoms with E-state index in [-0.39, 0.29) is 10.3 Å². The van der Waals surface area contributed by atoms with Gasteiger partial charge in [-0.3, -0.25) is 5.10 Å². The van der Waals surface area contributed by atoms with Gasteiger partial charge in [-0.1, -0.05) is 60.7 Å². The van der Waals surface area contributed by atoms with Crippen LogP contribution in [0.5, 0.6) is 0 Å². The summed E-state index contributed by atoms with van der Waals surface area (Å²) >= 11 is 0. The fourth-order valence-corrected chi connectivity index (χ4v) is 3.00. The maximum absolute atomic E-state index is 12.2. The quantitative estimate of drug-likeness (QED) is 0.572. The van der Waals surface area contributed by atoms with Gasteiger partial charge in [-0.05, 0) is 30.2 Å². The second kappa shape index (κ2) is 7.74. The van der Waals surface area contributed by atoms with E-state index in [2.05, 4.69) is 39.1 Å². The van der Waals surface area contributed by atoms with Crippen LogP contribution >= 0.6 is 0 Å². The smallest absolute Gasteiger partial charge is 0.319 e. The van der Waals surface area contributed by atoms with Gasteiger partial charge >= 0.3 is 6.03 Å². The van der Waals surface area contributed by atoms with Crippen molar-refractivity contribution in [1.29, 1.82) is 0 Å². The van der Waals surface area contributed by atoms with E-state index in [1.165, 1.54) is 0 Å². The molecule has 0 unspecified atom stereocenters. The van der Waals surface area contributed by atoms with Gasteiger partial charge in [0, 0.05) is 27.5 Å². The second-order valence-corrected chi connectivity index (χ2v) is 6.31. The number of aromatic nitrogens is 2. The summed E-state index contributed by atoms with van der Waals surface area (Å²) in [5.41, 5.74) is 4.63. The normalized spacial score (nSPS) is 13.3. The molecule has 0 bridgehead atoms. The molecular weight excluding hydrogens is 336 g/mol. The van der Waals surface area contributed by atoms with Gasteiger partial charge in [0.05, 0.1) is 11.2 Å². The van der Waals surface area contributed by atoms with Crippen molar-refractivity contribution < 1.29 is 9.07 Å². The molecule has 0 radical (unpaired) electrons. The van der Waals surface area contributed by atoms with E-state index in [4.69, 9.17) is 0 Å². The van der Waals surface area contributed by atoms with Crippen molar-refractivity contribution in [2.75, 3.05) is 5.32 Å². The van der Waals surface area contributed by atoms with Crippen LogP contribution in [0.2, 0.25) is 0 Å². The van der Waals surface area contributed by atoms with Crippen molar-refractivity contribution in [3.05, 3.63) is 90.2 Å². The largest absolute Gasteiger partial charge is 0.334 e. The molecule has 27 heavy (non-hydrogen) atoms. The maximum atomic E-state index is 12.2. The number of aromatic amines is 1. The minimum absolute atomic E-state index is 0. The van der Waals surface area contributed by atoms with Crippen LogP contribution in [-0.4, -0.2) is 16.2 Å². The lowest BCUT2D eigenvalue weighted by molar-refractivity contribution is 0.251. The van der Waals surface area contributed by atoms with Crippen molar-refractivity contribution in [3.63, 3.8) is 0 Å². The number of carbonyl (C=O) groups excluding carboxylic acids is 1. The zero-order valence-corrected chi connectivity index (χ0v) is 14.8. The molecule has 140 valence electrons. The second-order valence-electron chi connectivity index (χ2n) is 6.31. The Kier molecular flexibility index (Phi) is 4.83. The summed E-state index contributed by atoms with van der Waals surface area (Å²) in [6.07, 6.45) is 11.3. The van der Waals surface area contributed by atoms with Crippen LogP contribution < -0.4 is 10.6 Å². The first-order valence-corrected chi connectivity index (χ1v) is 8.90. The molecule has 2 aromatic carbocycles. The fraction of sp³-hybridized carbons (Fsp3) is 0.0909. The molecule has 0 aliphatic heterocycles. The number of hydrogen-bond acceptors (Lipinski definition) is 2. The molecule has 0 spiro atoms. The molecular formula is C22H26N4O. The molecule has 4 rings (SSSR count). The number of allylic oxidation sites excluding steroid dienone is 6. The van der Waals surface area contributed by atoms with Crippen LogP contribution in [0.25, 0.3) is 16.5 Å². The minimum atomic E-state index is -0.236. The van der Waals surface area contributed by atoms with Crippen LogP contribution in [0.15, 0.2) is 78.9 Å². The predicted molar refractivity (Wildman–Crippen MR) is 116 cm³/mol. The molecule has 0 saturated heterocycles. The third-order valence-corrected chi connectivity index (χ3v) is 4.37. The number of benzene rings is 2. The molecule has 5 nitrogen and oxygen atoms in total. The molecule has 1 aliphatic carbocycles. The monoisotopic (exact) mass is 362 g/mol. The Labute approximate surface area is 161 Å². The first-order valence-electron chi connectivity index (χ1n) is 8.90. The molecule has 0 atom stereocenters. The lowest BCUT2D eigenvalue weighted by atomic mass is 10.1. The molecule has 5 heteroatoms. The Morgan fingerprint density at radius 3 is 2.93 bits per heavy atom. The van der Waals surface area contributed by atoms with Gasteiger partial charge in [-0.25, -0.2) is 4.79 Å². The molecule has 0 saturated carbocycles. The van der Waals surface area contributed by atoms with Crippen molar-refractivity contribution >= 4 is 28.2 Å². The Hall–Kier alpha value is -3.60. The number of hydrogen-bond donors (Lipinski definition) is 3. The van der Waals surface area contributed by atoms with Crippen molar-refractivity contribution in [2.24, 2.45) is 0 Å². The Bertz CT molecular complexity index is 1060. The minimum Gasteiger partial charge on any atom is -0.334 e. The summed E-state index contributed by atoms with van der Waals surface area (Å²) in [6, 6.07) is 15.3. The lowest BCUT2D eigenvalue weighted by Gasteiger charge is -2.08. The van der Waals surface area contributed by atoms with Crippen LogP contribution in [0.3, 0.4) is 0 Å². The van der Waals surface area contributed by atoms with E-state index in [1.807, 2.05) is 60.7 Å². The van der Waals surface area contributed by atoms with Crippen LogP contribution in [0.1, 0.15) is 22.0 Å². The van der Waals surface area contributed by atoms with E-state index in [9.17, 15) is 4.79 Å². The Balaban J connectivity index is 0.00000150. The number of fused-ring (bicyclic) bond motifs is 1. The van der Waals surface area contributed by atoms with E-state index < -0.39 is 0 Å². The number of nitrogens with zero attached hydrogens (tertiary/aromatic N) is 1. The van der Waals surface area contributed by atoms with E-state index >= 15 is 0 Å². The van der Waals surface area contributed by atoms with Crippen LogP contribution in [-0.2, 0) is 6.54 Å². The average molecular weight is 362 g/mol. The van der Waals surface area contributed by atoms with Crippen LogP contribution in [0.4, 0.5) is 10.5 Å². The number of H-pyrrole nitrogens is 1. The third kappa shape index (κ3) is 3.98. The summed E-state index contributed by atoms with van der Waals surface area (Å²) in [7, 11) is 0. The average Bonchev–Trinajstić information content (AvgIpc) is 2.92. The highest BCUT2D eigenvalue weighted by molar-refractivity contribution is 5.97. The molecule has 3 aromatic rings. The summed E-state index contributed by atoms with van der Waals surface area (Å²) in [5, 5.41) is 14.2.